The van der Waals surface area contributed by atoms with Gasteiger partial charge in [-0.3, -0.25) is 4.90 Å². The summed E-state index contributed by atoms with van der Waals surface area (Å²) in [6.45, 7) is 6.99. The number of hydrogen-bond donors (Lipinski definition) is 0. The van der Waals surface area contributed by atoms with Crippen LogP contribution in [0, 0.1) is 0 Å². The first kappa shape index (κ1) is 23.4. The molecule has 0 aliphatic carbocycles. The fourth-order valence-electron chi connectivity index (χ4n) is 5.71. The number of hydrogen-bond acceptors (Lipinski definition) is 3. The molecule has 0 amide bonds. The zero-order valence-electron chi connectivity index (χ0n) is 20.6. The largest absolute Gasteiger partial charge is 0.494 e. The molecule has 1 atom stereocenters. The minimum Gasteiger partial charge on any atom is -0.494 e. The van der Waals surface area contributed by atoms with Gasteiger partial charge >= 0.3 is 0 Å². The van der Waals surface area contributed by atoms with Crippen LogP contribution in [-0.2, 0) is 13.0 Å². The van der Waals surface area contributed by atoms with Gasteiger partial charge in [-0.05, 0) is 111 Å². The van der Waals surface area contributed by atoms with E-state index in [1.165, 1.54) is 86.6 Å². The third-order valence-corrected chi connectivity index (χ3v) is 7.65. The summed E-state index contributed by atoms with van der Waals surface area (Å²) < 4.78 is 6.07. The molecule has 3 heteroatoms. The van der Waals surface area contributed by atoms with E-state index >= 15 is 0 Å². The van der Waals surface area contributed by atoms with Crippen molar-refractivity contribution in [2.24, 2.45) is 0 Å². The zero-order valence-corrected chi connectivity index (χ0v) is 20.6. The SMILES string of the molecule is c1ccc(CCCCCOc2ccc3cc(CN4CCC[C@H]4CN4CCCC4)ccc3c2)cc1. The Hall–Kier alpha value is -2.36. The number of ether oxygens (including phenoxy) is 1. The average Bonchev–Trinajstić information content (AvgIpc) is 3.54. The lowest BCUT2D eigenvalue weighted by Crippen LogP contribution is -2.38. The summed E-state index contributed by atoms with van der Waals surface area (Å²) in [5.41, 5.74) is 2.87. The lowest BCUT2D eigenvalue weighted by Gasteiger charge is -2.28. The smallest absolute Gasteiger partial charge is 0.119 e. The molecule has 2 saturated heterocycles. The van der Waals surface area contributed by atoms with Crippen LogP contribution in [-0.4, -0.2) is 48.6 Å². The van der Waals surface area contributed by atoms with Gasteiger partial charge in [0.15, 0.2) is 0 Å². The molecule has 0 radical (unpaired) electrons. The second-order valence-corrected chi connectivity index (χ2v) is 10.3. The second-order valence-electron chi connectivity index (χ2n) is 10.3. The van der Waals surface area contributed by atoms with E-state index in [9.17, 15) is 0 Å². The maximum atomic E-state index is 6.07. The van der Waals surface area contributed by atoms with E-state index in [-0.39, 0.29) is 0 Å². The van der Waals surface area contributed by atoms with Crippen molar-refractivity contribution in [3.05, 3.63) is 77.9 Å². The molecule has 0 N–H and O–H groups in total. The van der Waals surface area contributed by atoms with Crippen molar-refractivity contribution in [2.45, 2.75) is 64.0 Å². The number of nitrogens with zero attached hydrogens (tertiary/aromatic N) is 2. The number of aryl methyl sites for hydroxylation is 1. The molecule has 180 valence electrons. The van der Waals surface area contributed by atoms with Gasteiger partial charge in [-0.2, -0.15) is 0 Å². The molecule has 0 aromatic heterocycles. The third kappa shape index (κ3) is 6.40. The minimum atomic E-state index is 0.734. The van der Waals surface area contributed by atoms with Gasteiger partial charge in [0.25, 0.3) is 0 Å². The molecule has 0 saturated carbocycles. The third-order valence-electron chi connectivity index (χ3n) is 7.65. The van der Waals surface area contributed by atoms with Crippen molar-refractivity contribution in [1.82, 2.24) is 9.80 Å². The monoisotopic (exact) mass is 456 g/mol. The van der Waals surface area contributed by atoms with Gasteiger partial charge in [-0.25, -0.2) is 0 Å². The van der Waals surface area contributed by atoms with Gasteiger partial charge in [-0.1, -0.05) is 48.5 Å². The van der Waals surface area contributed by atoms with Gasteiger partial charge in [0, 0.05) is 19.1 Å². The fourth-order valence-corrected chi connectivity index (χ4v) is 5.71. The number of likely N-dealkylation sites (tertiary alicyclic amines) is 2. The van der Waals surface area contributed by atoms with Crippen LogP contribution in [0.2, 0.25) is 0 Å². The fraction of sp³-hybridized carbons (Fsp3) is 0.484. The Morgan fingerprint density at radius 2 is 1.56 bits per heavy atom. The molecule has 2 fully saturated rings. The van der Waals surface area contributed by atoms with E-state index < -0.39 is 0 Å². The van der Waals surface area contributed by atoms with E-state index in [2.05, 4.69) is 76.5 Å². The van der Waals surface area contributed by atoms with Crippen molar-refractivity contribution in [2.75, 3.05) is 32.8 Å². The van der Waals surface area contributed by atoms with Gasteiger partial charge in [0.2, 0.25) is 0 Å². The Morgan fingerprint density at radius 1 is 0.735 bits per heavy atom. The van der Waals surface area contributed by atoms with E-state index in [1.54, 1.807) is 0 Å². The van der Waals surface area contributed by atoms with Crippen LogP contribution in [0.15, 0.2) is 66.7 Å². The molecule has 34 heavy (non-hydrogen) atoms. The Bertz CT molecular complexity index is 1030. The molecule has 3 aromatic carbocycles. The summed E-state index contributed by atoms with van der Waals surface area (Å²) in [6.07, 6.45) is 10.2. The topological polar surface area (TPSA) is 15.7 Å². The van der Waals surface area contributed by atoms with Crippen molar-refractivity contribution in [1.29, 1.82) is 0 Å². The van der Waals surface area contributed by atoms with Crippen LogP contribution >= 0.6 is 0 Å². The van der Waals surface area contributed by atoms with Crippen molar-refractivity contribution in [3.63, 3.8) is 0 Å². The lowest BCUT2D eigenvalue weighted by atomic mass is 10.1. The Labute approximate surface area is 205 Å². The first-order valence-corrected chi connectivity index (χ1v) is 13.5. The molecular formula is C31H40N2O. The standard InChI is InChI=1S/C31H40N2O/c1-3-10-26(11-4-1)12-5-2-8-21-34-31-17-16-28-22-27(14-15-29(28)23-31)24-33-20-9-13-30(33)25-32-18-6-7-19-32/h1,3-4,10-11,14-17,22-23,30H,2,5-9,12-13,18-21,24-25H2/t30-/m0/s1. The van der Waals surface area contributed by atoms with Crippen molar-refractivity contribution >= 4 is 10.8 Å². The van der Waals surface area contributed by atoms with E-state index in [0.29, 0.717) is 0 Å². The van der Waals surface area contributed by atoms with Crippen molar-refractivity contribution in [3.8, 4) is 5.75 Å². The first-order chi connectivity index (χ1) is 16.8. The van der Waals surface area contributed by atoms with Gasteiger partial charge in [0.05, 0.1) is 6.61 Å². The molecular weight excluding hydrogens is 416 g/mol. The molecule has 3 aromatic rings. The Balaban J connectivity index is 1.08. The highest BCUT2D eigenvalue weighted by atomic mass is 16.5. The summed E-state index contributed by atoms with van der Waals surface area (Å²) in [4.78, 5) is 5.39. The summed E-state index contributed by atoms with van der Waals surface area (Å²) in [5, 5.41) is 2.60. The first-order valence-electron chi connectivity index (χ1n) is 13.5. The van der Waals surface area contributed by atoms with Crippen LogP contribution in [0.4, 0.5) is 0 Å². The normalized spacial score (nSPS) is 19.2. The Kier molecular flexibility index (Phi) is 8.16. The lowest BCUT2D eigenvalue weighted by molar-refractivity contribution is 0.185. The molecule has 5 rings (SSSR count). The van der Waals surface area contributed by atoms with E-state index in [0.717, 1.165) is 37.8 Å². The van der Waals surface area contributed by atoms with Crippen molar-refractivity contribution < 1.29 is 4.74 Å². The van der Waals surface area contributed by atoms with E-state index in [1.807, 2.05) is 0 Å². The van der Waals surface area contributed by atoms with Crippen LogP contribution in [0.25, 0.3) is 10.8 Å². The van der Waals surface area contributed by atoms with Gasteiger partial charge in [0.1, 0.15) is 5.75 Å². The zero-order chi connectivity index (χ0) is 23.0. The summed E-state index contributed by atoms with van der Waals surface area (Å²) in [5.74, 6) is 0.994. The number of fused-ring (bicyclic) bond motifs is 1. The quantitative estimate of drug-likeness (QED) is 0.299. The van der Waals surface area contributed by atoms with Gasteiger partial charge in [-0.15, -0.1) is 0 Å². The number of benzene rings is 3. The highest BCUT2D eigenvalue weighted by molar-refractivity contribution is 5.84. The predicted molar refractivity (Wildman–Crippen MR) is 143 cm³/mol. The van der Waals surface area contributed by atoms with Gasteiger partial charge < -0.3 is 9.64 Å². The summed E-state index contributed by atoms with van der Waals surface area (Å²) in [7, 11) is 0. The van der Waals surface area contributed by atoms with Crippen LogP contribution in [0.5, 0.6) is 5.75 Å². The minimum absolute atomic E-state index is 0.734. The molecule has 0 spiro atoms. The maximum Gasteiger partial charge on any atom is 0.119 e. The molecule has 3 nitrogen and oxygen atoms in total. The van der Waals surface area contributed by atoms with Crippen LogP contribution in [0.1, 0.15) is 56.1 Å². The van der Waals surface area contributed by atoms with Crippen LogP contribution < -0.4 is 4.74 Å². The summed E-state index contributed by atoms with van der Waals surface area (Å²) >= 11 is 0. The Morgan fingerprint density at radius 3 is 2.44 bits per heavy atom. The molecule has 0 unspecified atom stereocenters. The number of rotatable bonds is 11. The molecule has 2 aliphatic heterocycles. The summed E-state index contributed by atoms with van der Waals surface area (Å²) in [6, 6.07) is 25.1. The van der Waals surface area contributed by atoms with Crippen LogP contribution in [0.3, 0.4) is 0 Å². The molecule has 2 aliphatic rings. The number of unbranched alkanes of at least 4 members (excludes halogenated alkanes) is 2. The molecule has 2 heterocycles. The highest BCUT2D eigenvalue weighted by Gasteiger charge is 2.27. The average molecular weight is 457 g/mol. The second kappa shape index (κ2) is 11.9. The van der Waals surface area contributed by atoms with E-state index in [4.69, 9.17) is 4.74 Å². The predicted octanol–water partition coefficient (Wildman–Crippen LogP) is 6.69. The maximum absolute atomic E-state index is 6.07. The molecule has 0 bridgehead atoms. The highest BCUT2D eigenvalue weighted by Crippen LogP contribution is 2.26.